The van der Waals surface area contributed by atoms with E-state index in [9.17, 15) is 4.79 Å². The van der Waals surface area contributed by atoms with E-state index in [4.69, 9.17) is 4.74 Å². The summed E-state index contributed by atoms with van der Waals surface area (Å²) in [5.41, 5.74) is 0.530. The van der Waals surface area contributed by atoms with Gasteiger partial charge in [-0.3, -0.25) is 0 Å². The molecular formula is C16H19N3O2. The van der Waals surface area contributed by atoms with Crippen molar-refractivity contribution in [3.8, 4) is 11.6 Å². The van der Waals surface area contributed by atoms with E-state index in [0.717, 1.165) is 6.42 Å². The second-order valence-corrected chi connectivity index (χ2v) is 4.68. The first-order chi connectivity index (χ1) is 10.2. The standard InChI is InChI=1S/C16H19N3O2/c1-3-12(2)18-16(20)19-14-10-7-11-17-15(14)21-13-8-5-4-6-9-13/h4-12H,3H2,1-2H3,(H2,18,19,20)/t12-/m0/s1. The van der Waals surface area contributed by atoms with Crippen LogP contribution in [0.1, 0.15) is 20.3 Å². The van der Waals surface area contributed by atoms with Crippen molar-refractivity contribution >= 4 is 11.7 Å². The molecule has 0 saturated carbocycles. The number of para-hydroxylation sites is 1. The van der Waals surface area contributed by atoms with Gasteiger partial charge >= 0.3 is 6.03 Å². The van der Waals surface area contributed by atoms with Crippen LogP contribution in [0.2, 0.25) is 0 Å². The average Bonchev–Trinajstić information content (AvgIpc) is 2.50. The van der Waals surface area contributed by atoms with Crippen molar-refractivity contribution in [2.24, 2.45) is 0 Å². The normalized spacial score (nSPS) is 11.5. The number of carbonyl (C=O) groups is 1. The first-order valence-electron chi connectivity index (χ1n) is 6.94. The highest BCUT2D eigenvalue weighted by atomic mass is 16.5. The van der Waals surface area contributed by atoms with E-state index in [-0.39, 0.29) is 12.1 Å². The summed E-state index contributed by atoms with van der Waals surface area (Å²) >= 11 is 0. The van der Waals surface area contributed by atoms with Crippen molar-refractivity contribution in [2.75, 3.05) is 5.32 Å². The van der Waals surface area contributed by atoms with Gasteiger partial charge in [-0.05, 0) is 37.6 Å². The molecular weight excluding hydrogens is 266 g/mol. The van der Waals surface area contributed by atoms with Crippen LogP contribution in [0, 0.1) is 0 Å². The number of anilines is 1. The first-order valence-corrected chi connectivity index (χ1v) is 6.94. The molecule has 0 radical (unpaired) electrons. The number of rotatable bonds is 5. The molecule has 2 rings (SSSR count). The Labute approximate surface area is 124 Å². The van der Waals surface area contributed by atoms with Gasteiger partial charge in [-0.2, -0.15) is 0 Å². The molecule has 1 heterocycles. The minimum atomic E-state index is -0.268. The fourth-order valence-corrected chi connectivity index (χ4v) is 1.65. The molecule has 1 atom stereocenters. The van der Waals surface area contributed by atoms with Gasteiger partial charge in [0, 0.05) is 12.2 Å². The molecule has 1 aromatic carbocycles. The molecule has 1 aromatic heterocycles. The summed E-state index contributed by atoms with van der Waals surface area (Å²) in [6, 6.07) is 12.7. The van der Waals surface area contributed by atoms with Crippen LogP contribution in [0.4, 0.5) is 10.5 Å². The molecule has 0 unspecified atom stereocenters. The van der Waals surface area contributed by atoms with Gasteiger partial charge in [0.2, 0.25) is 5.88 Å². The lowest BCUT2D eigenvalue weighted by atomic mass is 10.3. The molecule has 2 aromatic rings. The van der Waals surface area contributed by atoms with Gasteiger partial charge in [-0.1, -0.05) is 25.1 Å². The fourth-order valence-electron chi connectivity index (χ4n) is 1.65. The molecule has 5 heteroatoms. The summed E-state index contributed by atoms with van der Waals surface area (Å²) in [7, 11) is 0. The van der Waals surface area contributed by atoms with E-state index < -0.39 is 0 Å². The maximum absolute atomic E-state index is 11.9. The average molecular weight is 285 g/mol. The SMILES string of the molecule is CC[C@H](C)NC(=O)Nc1cccnc1Oc1ccccc1. The highest BCUT2D eigenvalue weighted by Gasteiger charge is 2.10. The first kappa shape index (κ1) is 14.8. The quantitative estimate of drug-likeness (QED) is 0.878. The third-order valence-electron chi connectivity index (χ3n) is 2.97. The number of ether oxygens (including phenoxy) is 1. The maximum atomic E-state index is 11.9. The number of hydrogen-bond acceptors (Lipinski definition) is 3. The molecule has 21 heavy (non-hydrogen) atoms. The number of benzene rings is 1. The van der Waals surface area contributed by atoms with Gasteiger partial charge in [0.1, 0.15) is 11.4 Å². The summed E-state index contributed by atoms with van der Waals surface area (Å²) in [5, 5.41) is 5.59. The Bertz CT molecular complexity index is 587. The topological polar surface area (TPSA) is 63.2 Å². The predicted molar refractivity (Wildman–Crippen MR) is 82.7 cm³/mol. The summed E-state index contributed by atoms with van der Waals surface area (Å²) in [6.07, 6.45) is 2.49. The van der Waals surface area contributed by atoms with E-state index in [1.165, 1.54) is 0 Å². The number of hydrogen-bond donors (Lipinski definition) is 2. The molecule has 0 aliphatic heterocycles. The monoisotopic (exact) mass is 285 g/mol. The Morgan fingerprint density at radius 2 is 2.00 bits per heavy atom. The number of nitrogens with one attached hydrogen (secondary N) is 2. The van der Waals surface area contributed by atoms with Gasteiger partial charge in [0.15, 0.2) is 0 Å². The lowest BCUT2D eigenvalue weighted by molar-refractivity contribution is 0.249. The highest BCUT2D eigenvalue weighted by molar-refractivity contribution is 5.90. The van der Waals surface area contributed by atoms with Crippen LogP contribution in [0.15, 0.2) is 48.7 Å². The van der Waals surface area contributed by atoms with Crippen LogP contribution in [0.25, 0.3) is 0 Å². The van der Waals surface area contributed by atoms with E-state index in [1.807, 2.05) is 44.2 Å². The van der Waals surface area contributed by atoms with Gasteiger partial charge in [-0.25, -0.2) is 9.78 Å². The second-order valence-electron chi connectivity index (χ2n) is 4.68. The van der Waals surface area contributed by atoms with E-state index in [1.54, 1.807) is 18.3 Å². The molecule has 0 aliphatic carbocycles. The number of pyridine rings is 1. The molecule has 2 amide bonds. The van der Waals surface area contributed by atoms with Gasteiger partial charge in [-0.15, -0.1) is 0 Å². The van der Waals surface area contributed by atoms with Crippen LogP contribution >= 0.6 is 0 Å². The molecule has 0 fully saturated rings. The Balaban J connectivity index is 2.08. The van der Waals surface area contributed by atoms with E-state index in [2.05, 4.69) is 15.6 Å². The van der Waals surface area contributed by atoms with Crippen molar-refractivity contribution in [1.82, 2.24) is 10.3 Å². The molecule has 0 bridgehead atoms. The molecule has 110 valence electrons. The molecule has 5 nitrogen and oxygen atoms in total. The van der Waals surface area contributed by atoms with E-state index in [0.29, 0.717) is 17.3 Å². The lowest BCUT2D eigenvalue weighted by Gasteiger charge is -2.14. The summed E-state index contributed by atoms with van der Waals surface area (Å²) < 4.78 is 5.69. The van der Waals surface area contributed by atoms with Gasteiger partial charge < -0.3 is 15.4 Å². The minimum Gasteiger partial charge on any atom is -0.437 e. The summed E-state index contributed by atoms with van der Waals surface area (Å²) in [4.78, 5) is 16.0. The lowest BCUT2D eigenvalue weighted by Crippen LogP contribution is -2.35. The smallest absolute Gasteiger partial charge is 0.319 e. The number of amides is 2. The van der Waals surface area contributed by atoms with Crippen LogP contribution in [-0.2, 0) is 0 Å². The Morgan fingerprint density at radius 1 is 1.24 bits per heavy atom. The van der Waals surface area contributed by atoms with Gasteiger partial charge in [0.25, 0.3) is 0 Å². The number of aromatic nitrogens is 1. The summed E-state index contributed by atoms with van der Waals surface area (Å²) in [6.45, 7) is 3.96. The van der Waals surface area contributed by atoms with Crippen molar-refractivity contribution in [1.29, 1.82) is 0 Å². The summed E-state index contributed by atoms with van der Waals surface area (Å²) in [5.74, 6) is 1.03. The zero-order chi connectivity index (χ0) is 15.1. The largest absolute Gasteiger partial charge is 0.437 e. The highest BCUT2D eigenvalue weighted by Crippen LogP contribution is 2.26. The zero-order valence-corrected chi connectivity index (χ0v) is 12.2. The maximum Gasteiger partial charge on any atom is 0.319 e. The van der Waals surface area contributed by atoms with Crippen molar-refractivity contribution in [3.63, 3.8) is 0 Å². The fraction of sp³-hybridized carbons (Fsp3) is 0.250. The van der Waals surface area contributed by atoms with Crippen molar-refractivity contribution < 1.29 is 9.53 Å². The van der Waals surface area contributed by atoms with Crippen LogP contribution in [0.5, 0.6) is 11.6 Å². The Hall–Kier alpha value is -2.56. The van der Waals surface area contributed by atoms with Gasteiger partial charge in [0.05, 0.1) is 0 Å². The number of urea groups is 1. The predicted octanol–water partition coefficient (Wildman–Crippen LogP) is 3.79. The van der Waals surface area contributed by atoms with Crippen molar-refractivity contribution in [3.05, 3.63) is 48.7 Å². The van der Waals surface area contributed by atoms with Crippen molar-refractivity contribution in [2.45, 2.75) is 26.3 Å². The minimum absolute atomic E-state index is 0.111. The molecule has 0 aliphatic rings. The second kappa shape index (κ2) is 7.28. The Kier molecular flexibility index (Phi) is 5.15. The molecule has 0 spiro atoms. The van der Waals surface area contributed by atoms with E-state index >= 15 is 0 Å². The van der Waals surface area contributed by atoms with Crippen LogP contribution in [0.3, 0.4) is 0 Å². The molecule has 0 saturated heterocycles. The number of nitrogens with zero attached hydrogens (tertiary/aromatic N) is 1. The van der Waals surface area contributed by atoms with Crippen LogP contribution in [-0.4, -0.2) is 17.1 Å². The Morgan fingerprint density at radius 3 is 2.71 bits per heavy atom. The molecule has 2 N–H and O–H groups in total. The third kappa shape index (κ3) is 4.49. The number of carbonyl (C=O) groups excluding carboxylic acids is 1. The van der Waals surface area contributed by atoms with Crippen LogP contribution < -0.4 is 15.4 Å². The third-order valence-corrected chi connectivity index (χ3v) is 2.97. The zero-order valence-electron chi connectivity index (χ0n) is 12.2.